The van der Waals surface area contributed by atoms with Crippen LogP contribution >= 0.6 is 0 Å². The first-order valence-electron chi connectivity index (χ1n) is 6.31. The largest absolute Gasteiger partial charge is 0.481 e. The Balaban J connectivity index is 2.30. The summed E-state index contributed by atoms with van der Waals surface area (Å²) >= 11 is 0. The van der Waals surface area contributed by atoms with E-state index in [0.717, 1.165) is 12.8 Å². The molecule has 0 fully saturated rings. The van der Waals surface area contributed by atoms with Gasteiger partial charge in [-0.15, -0.1) is 0 Å². The van der Waals surface area contributed by atoms with Gasteiger partial charge in [-0.3, -0.25) is 9.59 Å². The first-order chi connectivity index (χ1) is 9.00. The number of hydrogen-bond donors (Lipinski definition) is 2. The molecular formula is C13H19N3O3. The van der Waals surface area contributed by atoms with Crippen molar-refractivity contribution in [2.24, 2.45) is 5.92 Å². The maximum absolute atomic E-state index is 11.8. The van der Waals surface area contributed by atoms with Crippen molar-refractivity contribution in [3.05, 3.63) is 24.0 Å². The highest BCUT2D eigenvalue weighted by molar-refractivity contribution is 5.93. The van der Waals surface area contributed by atoms with Crippen molar-refractivity contribution in [2.75, 3.05) is 0 Å². The summed E-state index contributed by atoms with van der Waals surface area (Å²) in [5.41, 5.74) is 0.473. The van der Waals surface area contributed by atoms with Crippen LogP contribution in [0.2, 0.25) is 0 Å². The summed E-state index contributed by atoms with van der Waals surface area (Å²) in [7, 11) is 0. The van der Waals surface area contributed by atoms with Gasteiger partial charge in [-0.1, -0.05) is 13.3 Å². The van der Waals surface area contributed by atoms with Crippen LogP contribution in [0.3, 0.4) is 0 Å². The number of carboxylic acids is 1. The average molecular weight is 265 g/mol. The summed E-state index contributed by atoms with van der Waals surface area (Å²) in [5, 5.41) is 18.9. The van der Waals surface area contributed by atoms with Gasteiger partial charge in [0, 0.05) is 6.04 Å². The van der Waals surface area contributed by atoms with Crippen LogP contribution in [0.1, 0.15) is 43.5 Å². The Kier molecular flexibility index (Phi) is 5.92. The van der Waals surface area contributed by atoms with Crippen LogP contribution < -0.4 is 5.32 Å². The number of aromatic nitrogens is 2. The molecule has 0 aliphatic heterocycles. The van der Waals surface area contributed by atoms with Crippen LogP contribution in [-0.2, 0) is 4.79 Å². The number of amides is 1. The summed E-state index contributed by atoms with van der Waals surface area (Å²) in [6.07, 6.45) is 5.01. The predicted molar refractivity (Wildman–Crippen MR) is 69.6 cm³/mol. The van der Waals surface area contributed by atoms with Gasteiger partial charge < -0.3 is 10.4 Å². The monoisotopic (exact) mass is 265 g/mol. The third kappa shape index (κ3) is 5.46. The Morgan fingerprint density at radius 2 is 2.05 bits per heavy atom. The van der Waals surface area contributed by atoms with Crippen LogP contribution in [-0.4, -0.2) is 33.2 Å². The van der Waals surface area contributed by atoms with Gasteiger partial charge in [-0.25, -0.2) is 0 Å². The molecule has 2 N–H and O–H groups in total. The van der Waals surface area contributed by atoms with Crippen molar-refractivity contribution in [3.63, 3.8) is 0 Å². The number of nitrogens with one attached hydrogen (secondary N) is 1. The first-order valence-corrected chi connectivity index (χ1v) is 6.31. The molecule has 1 aromatic rings. The Morgan fingerprint density at radius 1 is 1.32 bits per heavy atom. The van der Waals surface area contributed by atoms with Crippen molar-refractivity contribution >= 4 is 11.9 Å². The molecule has 6 heteroatoms. The molecule has 0 aromatic carbocycles. The minimum atomic E-state index is -0.778. The van der Waals surface area contributed by atoms with Crippen molar-refractivity contribution < 1.29 is 14.7 Å². The van der Waals surface area contributed by atoms with E-state index in [1.165, 1.54) is 12.4 Å². The molecule has 2 unspecified atom stereocenters. The molecule has 1 heterocycles. The number of carbonyl (C=O) groups is 2. The maximum atomic E-state index is 11.8. The second kappa shape index (κ2) is 7.45. The zero-order chi connectivity index (χ0) is 14.3. The van der Waals surface area contributed by atoms with Crippen molar-refractivity contribution in [2.45, 2.75) is 39.2 Å². The smallest absolute Gasteiger partial charge is 0.306 e. The Morgan fingerprint density at radius 3 is 2.63 bits per heavy atom. The molecule has 0 aliphatic rings. The van der Waals surface area contributed by atoms with Crippen LogP contribution in [0, 0.1) is 5.92 Å². The van der Waals surface area contributed by atoms with Gasteiger partial charge >= 0.3 is 5.97 Å². The summed E-state index contributed by atoms with van der Waals surface area (Å²) in [6, 6.07) is 1.60. The van der Waals surface area contributed by atoms with Crippen LogP contribution in [0.5, 0.6) is 0 Å². The van der Waals surface area contributed by atoms with E-state index < -0.39 is 5.97 Å². The van der Waals surface area contributed by atoms with Crippen LogP contribution in [0.15, 0.2) is 18.5 Å². The standard InChI is InChI=1S/C13H19N3O3/c1-9(13(18)19)4-3-5-10(2)16-12(17)11-6-7-14-15-8-11/h6-10H,3-5H2,1-2H3,(H,16,17)(H,18,19). The quantitative estimate of drug-likeness (QED) is 0.779. The van der Waals surface area contributed by atoms with Gasteiger partial charge in [-0.2, -0.15) is 10.2 Å². The minimum Gasteiger partial charge on any atom is -0.481 e. The third-order valence-electron chi connectivity index (χ3n) is 2.92. The summed E-state index contributed by atoms with van der Waals surface area (Å²) in [4.78, 5) is 22.4. The summed E-state index contributed by atoms with van der Waals surface area (Å²) in [5.74, 6) is -1.31. The first kappa shape index (κ1) is 15.1. The van der Waals surface area contributed by atoms with Crippen LogP contribution in [0.25, 0.3) is 0 Å². The minimum absolute atomic E-state index is 0.00154. The SMILES string of the molecule is CC(CCCC(C)C(=O)O)NC(=O)c1ccnnc1. The van der Waals surface area contributed by atoms with Gasteiger partial charge in [0.25, 0.3) is 5.91 Å². The highest BCUT2D eigenvalue weighted by atomic mass is 16.4. The molecule has 1 aromatic heterocycles. The van der Waals surface area contributed by atoms with E-state index in [1.807, 2.05) is 6.92 Å². The predicted octanol–water partition coefficient (Wildman–Crippen LogP) is 1.49. The lowest BCUT2D eigenvalue weighted by Crippen LogP contribution is -2.32. The zero-order valence-electron chi connectivity index (χ0n) is 11.2. The molecule has 2 atom stereocenters. The lowest BCUT2D eigenvalue weighted by Gasteiger charge is -2.14. The van der Waals surface area contributed by atoms with E-state index in [9.17, 15) is 9.59 Å². The van der Waals surface area contributed by atoms with E-state index in [1.54, 1.807) is 13.0 Å². The van der Waals surface area contributed by atoms with E-state index in [0.29, 0.717) is 12.0 Å². The molecule has 0 bridgehead atoms. The number of carbonyl (C=O) groups excluding carboxylic acids is 1. The van der Waals surface area contributed by atoms with E-state index in [-0.39, 0.29) is 17.9 Å². The van der Waals surface area contributed by atoms with Gasteiger partial charge in [0.15, 0.2) is 0 Å². The second-order valence-corrected chi connectivity index (χ2v) is 4.68. The molecule has 0 saturated carbocycles. The Labute approximate surface area is 112 Å². The fraction of sp³-hybridized carbons (Fsp3) is 0.538. The number of nitrogens with zero attached hydrogens (tertiary/aromatic N) is 2. The molecular weight excluding hydrogens is 246 g/mol. The summed E-state index contributed by atoms with van der Waals surface area (Å²) < 4.78 is 0. The van der Waals surface area contributed by atoms with Crippen molar-refractivity contribution in [3.8, 4) is 0 Å². The lowest BCUT2D eigenvalue weighted by molar-refractivity contribution is -0.141. The number of aliphatic carboxylic acids is 1. The van der Waals surface area contributed by atoms with Crippen molar-refractivity contribution in [1.82, 2.24) is 15.5 Å². The molecule has 1 amide bonds. The average Bonchev–Trinajstić information content (AvgIpc) is 2.39. The number of rotatable bonds is 7. The summed E-state index contributed by atoms with van der Waals surface area (Å²) in [6.45, 7) is 3.59. The lowest BCUT2D eigenvalue weighted by atomic mass is 10.0. The van der Waals surface area contributed by atoms with E-state index in [4.69, 9.17) is 5.11 Å². The Bertz CT molecular complexity index is 422. The highest BCUT2D eigenvalue weighted by Gasteiger charge is 2.13. The second-order valence-electron chi connectivity index (χ2n) is 4.68. The van der Waals surface area contributed by atoms with Gasteiger partial charge in [0.2, 0.25) is 0 Å². The fourth-order valence-electron chi connectivity index (χ4n) is 1.66. The molecule has 0 aliphatic carbocycles. The zero-order valence-corrected chi connectivity index (χ0v) is 11.2. The topological polar surface area (TPSA) is 92.2 Å². The molecule has 6 nitrogen and oxygen atoms in total. The van der Waals surface area contributed by atoms with Gasteiger partial charge in [0.05, 0.1) is 23.9 Å². The number of hydrogen-bond acceptors (Lipinski definition) is 4. The molecule has 104 valence electrons. The molecule has 0 spiro atoms. The molecule has 0 saturated heterocycles. The number of carboxylic acid groups (broad SMARTS) is 1. The fourth-order valence-corrected chi connectivity index (χ4v) is 1.66. The highest BCUT2D eigenvalue weighted by Crippen LogP contribution is 2.10. The van der Waals surface area contributed by atoms with E-state index in [2.05, 4.69) is 15.5 Å². The third-order valence-corrected chi connectivity index (χ3v) is 2.92. The normalized spacial score (nSPS) is 13.6. The molecule has 0 radical (unpaired) electrons. The van der Waals surface area contributed by atoms with Crippen LogP contribution in [0.4, 0.5) is 0 Å². The van der Waals surface area contributed by atoms with Gasteiger partial charge in [-0.05, 0) is 25.8 Å². The maximum Gasteiger partial charge on any atom is 0.306 e. The van der Waals surface area contributed by atoms with E-state index >= 15 is 0 Å². The van der Waals surface area contributed by atoms with Gasteiger partial charge in [0.1, 0.15) is 0 Å². The van der Waals surface area contributed by atoms with Crippen molar-refractivity contribution in [1.29, 1.82) is 0 Å². The molecule has 1 rings (SSSR count). The Hall–Kier alpha value is -1.98. The molecule has 19 heavy (non-hydrogen) atoms.